The SMILES string of the molecule is CC1COCCN1c1cc(Cl)c2ccn(-c3ccn(COCC[Si](C)(C)C)n3)c2n1. The van der Waals surface area contributed by atoms with Gasteiger partial charge in [-0.15, -0.1) is 0 Å². The number of hydrogen-bond acceptors (Lipinski definition) is 5. The van der Waals surface area contributed by atoms with Gasteiger partial charge in [-0.25, -0.2) is 9.67 Å². The smallest absolute Gasteiger partial charge is 0.160 e. The Balaban J connectivity index is 1.55. The van der Waals surface area contributed by atoms with Gasteiger partial charge >= 0.3 is 0 Å². The van der Waals surface area contributed by atoms with Crippen molar-refractivity contribution < 1.29 is 9.47 Å². The molecule has 1 atom stereocenters. The predicted molar refractivity (Wildman–Crippen MR) is 124 cm³/mol. The van der Waals surface area contributed by atoms with Crippen LogP contribution in [0.1, 0.15) is 6.92 Å². The molecule has 3 aromatic heterocycles. The van der Waals surface area contributed by atoms with E-state index in [9.17, 15) is 0 Å². The summed E-state index contributed by atoms with van der Waals surface area (Å²) in [5, 5.41) is 6.29. The first-order valence-corrected chi connectivity index (χ1v) is 14.5. The third kappa shape index (κ3) is 4.72. The highest BCUT2D eigenvalue weighted by atomic mass is 35.5. The summed E-state index contributed by atoms with van der Waals surface area (Å²) in [4.78, 5) is 7.18. The van der Waals surface area contributed by atoms with Gasteiger partial charge in [-0.05, 0) is 19.0 Å². The number of hydrogen-bond donors (Lipinski definition) is 0. The molecule has 0 aromatic carbocycles. The topological polar surface area (TPSA) is 57.3 Å². The molecule has 7 nitrogen and oxygen atoms in total. The van der Waals surface area contributed by atoms with Gasteiger partial charge in [-0.3, -0.25) is 4.57 Å². The van der Waals surface area contributed by atoms with Gasteiger partial charge in [0.15, 0.2) is 5.82 Å². The highest BCUT2D eigenvalue weighted by molar-refractivity contribution is 6.76. The molecular formula is C21H30ClN5O2Si. The van der Waals surface area contributed by atoms with Crippen molar-refractivity contribution in [3.8, 4) is 5.82 Å². The number of halogens is 1. The number of rotatable bonds is 7. The van der Waals surface area contributed by atoms with Gasteiger partial charge in [-0.1, -0.05) is 31.2 Å². The van der Waals surface area contributed by atoms with Gasteiger partial charge < -0.3 is 14.4 Å². The minimum atomic E-state index is -1.09. The summed E-state index contributed by atoms with van der Waals surface area (Å²) in [5.41, 5.74) is 0.807. The zero-order chi connectivity index (χ0) is 21.3. The molecule has 162 valence electrons. The Morgan fingerprint density at radius 3 is 2.83 bits per heavy atom. The van der Waals surface area contributed by atoms with E-state index in [1.165, 1.54) is 0 Å². The fraction of sp³-hybridized carbons (Fsp3) is 0.524. The van der Waals surface area contributed by atoms with Crippen molar-refractivity contribution in [2.45, 2.75) is 45.4 Å². The molecule has 1 aliphatic rings. The summed E-state index contributed by atoms with van der Waals surface area (Å²) in [7, 11) is -1.09. The maximum absolute atomic E-state index is 6.60. The van der Waals surface area contributed by atoms with Gasteiger partial charge in [0.05, 0.1) is 24.3 Å². The molecule has 0 aliphatic carbocycles. The zero-order valence-electron chi connectivity index (χ0n) is 18.1. The van der Waals surface area contributed by atoms with Crippen LogP contribution in [0.4, 0.5) is 5.82 Å². The fourth-order valence-corrected chi connectivity index (χ4v) is 4.55. The first-order valence-electron chi connectivity index (χ1n) is 10.5. The molecule has 0 spiro atoms. The van der Waals surface area contributed by atoms with Crippen molar-refractivity contribution in [1.29, 1.82) is 0 Å². The summed E-state index contributed by atoms with van der Waals surface area (Å²) < 4.78 is 15.2. The van der Waals surface area contributed by atoms with Gasteiger partial charge in [0.25, 0.3) is 0 Å². The van der Waals surface area contributed by atoms with E-state index < -0.39 is 8.07 Å². The number of pyridine rings is 1. The summed E-state index contributed by atoms with van der Waals surface area (Å²) in [5.74, 6) is 1.67. The van der Waals surface area contributed by atoms with Crippen molar-refractivity contribution in [2.24, 2.45) is 0 Å². The lowest BCUT2D eigenvalue weighted by Crippen LogP contribution is -2.44. The van der Waals surface area contributed by atoms with Crippen molar-refractivity contribution >= 4 is 36.5 Å². The van der Waals surface area contributed by atoms with Crippen LogP contribution >= 0.6 is 11.6 Å². The molecule has 0 N–H and O–H groups in total. The molecule has 1 saturated heterocycles. The molecular weight excluding hydrogens is 418 g/mol. The number of anilines is 1. The van der Waals surface area contributed by atoms with E-state index in [1.807, 2.05) is 39.8 Å². The van der Waals surface area contributed by atoms with Gasteiger partial charge in [0, 0.05) is 51.1 Å². The average Bonchev–Trinajstić information content (AvgIpc) is 3.31. The zero-order valence-corrected chi connectivity index (χ0v) is 19.9. The Kier molecular flexibility index (Phi) is 6.20. The van der Waals surface area contributed by atoms with Crippen LogP contribution in [0.3, 0.4) is 0 Å². The van der Waals surface area contributed by atoms with E-state index in [4.69, 9.17) is 26.1 Å². The van der Waals surface area contributed by atoms with Crippen LogP contribution in [-0.2, 0) is 16.2 Å². The number of nitrogens with zero attached hydrogens (tertiary/aromatic N) is 5. The summed E-state index contributed by atoms with van der Waals surface area (Å²) in [6, 6.07) is 7.31. The lowest BCUT2D eigenvalue weighted by molar-refractivity contribution is 0.0785. The van der Waals surface area contributed by atoms with Crippen LogP contribution in [0.25, 0.3) is 16.9 Å². The molecule has 0 amide bonds. The van der Waals surface area contributed by atoms with E-state index in [-0.39, 0.29) is 6.04 Å². The minimum absolute atomic E-state index is 0.260. The van der Waals surface area contributed by atoms with Gasteiger partial charge in [-0.2, -0.15) is 5.10 Å². The first-order chi connectivity index (χ1) is 14.3. The maximum Gasteiger partial charge on any atom is 0.160 e. The molecule has 4 rings (SSSR count). The van der Waals surface area contributed by atoms with E-state index >= 15 is 0 Å². The van der Waals surface area contributed by atoms with E-state index in [0.29, 0.717) is 25.0 Å². The van der Waals surface area contributed by atoms with E-state index in [1.54, 1.807) is 0 Å². The summed E-state index contributed by atoms with van der Waals surface area (Å²) in [6.45, 7) is 12.6. The molecule has 0 bridgehead atoms. The molecule has 0 saturated carbocycles. The third-order valence-electron chi connectivity index (χ3n) is 5.35. The molecule has 1 fully saturated rings. The minimum Gasteiger partial charge on any atom is -0.377 e. The molecule has 9 heteroatoms. The van der Waals surface area contributed by atoms with Crippen LogP contribution < -0.4 is 4.90 Å². The maximum atomic E-state index is 6.60. The normalized spacial score (nSPS) is 17.8. The Bertz CT molecular complexity index is 1010. The third-order valence-corrected chi connectivity index (χ3v) is 7.37. The molecule has 1 aliphatic heterocycles. The highest BCUT2D eigenvalue weighted by Gasteiger charge is 2.22. The molecule has 3 aromatic rings. The predicted octanol–water partition coefficient (Wildman–Crippen LogP) is 4.41. The monoisotopic (exact) mass is 447 g/mol. The lowest BCUT2D eigenvalue weighted by atomic mass is 10.2. The quantitative estimate of drug-likeness (QED) is 0.396. The van der Waals surface area contributed by atoms with E-state index in [0.717, 1.165) is 41.9 Å². The largest absolute Gasteiger partial charge is 0.377 e. The van der Waals surface area contributed by atoms with Gasteiger partial charge in [0.2, 0.25) is 0 Å². The van der Waals surface area contributed by atoms with Crippen LogP contribution in [0.2, 0.25) is 30.7 Å². The Hall–Kier alpha value is -1.87. The molecule has 1 unspecified atom stereocenters. The lowest BCUT2D eigenvalue weighted by Gasteiger charge is -2.34. The van der Waals surface area contributed by atoms with Crippen molar-refractivity contribution in [2.75, 3.05) is 31.3 Å². The van der Waals surface area contributed by atoms with E-state index in [2.05, 4.69) is 36.6 Å². The van der Waals surface area contributed by atoms with Crippen LogP contribution in [0, 0.1) is 0 Å². The highest BCUT2D eigenvalue weighted by Crippen LogP contribution is 2.30. The molecule has 0 radical (unpaired) electrons. The Morgan fingerprint density at radius 1 is 1.23 bits per heavy atom. The van der Waals surface area contributed by atoms with Crippen LogP contribution in [-0.4, -0.2) is 59.8 Å². The number of ether oxygens (including phenoxy) is 2. The first kappa shape index (κ1) is 21.4. The second kappa shape index (κ2) is 8.70. The van der Waals surface area contributed by atoms with Crippen LogP contribution in [0.5, 0.6) is 0 Å². The van der Waals surface area contributed by atoms with Gasteiger partial charge in [0.1, 0.15) is 18.2 Å². The van der Waals surface area contributed by atoms with Crippen molar-refractivity contribution in [3.63, 3.8) is 0 Å². The summed E-state index contributed by atoms with van der Waals surface area (Å²) >= 11 is 6.60. The fourth-order valence-electron chi connectivity index (χ4n) is 3.54. The molecule has 4 heterocycles. The second-order valence-corrected chi connectivity index (χ2v) is 15.1. The molecule has 30 heavy (non-hydrogen) atoms. The number of fused-ring (bicyclic) bond motifs is 1. The second-order valence-electron chi connectivity index (χ2n) is 9.06. The Morgan fingerprint density at radius 2 is 2.07 bits per heavy atom. The van der Waals surface area contributed by atoms with Crippen molar-refractivity contribution in [1.82, 2.24) is 19.3 Å². The Labute approximate surface area is 183 Å². The summed E-state index contributed by atoms with van der Waals surface area (Å²) in [6.07, 6.45) is 3.90. The van der Waals surface area contributed by atoms with Crippen LogP contribution in [0.15, 0.2) is 30.6 Å². The van der Waals surface area contributed by atoms with Crippen molar-refractivity contribution in [3.05, 3.63) is 35.6 Å². The number of morpholine rings is 1. The average molecular weight is 448 g/mol. The number of aromatic nitrogens is 4. The standard InChI is InChI=1S/C21H30ClN5O2Si/c1-16-14-28-10-9-26(16)20-13-18(22)17-5-8-27(21(17)23-20)19-6-7-25(24-19)15-29-11-12-30(2,3)4/h5-8,13,16H,9-12,14-15H2,1-4H3.